The van der Waals surface area contributed by atoms with E-state index in [9.17, 15) is 9.90 Å². The van der Waals surface area contributed by atoms with Crippen LogP contribution in [0.15, 0.2) is 71.7 Å². The molecule has 0 unspecified atom stereocenters. The number of carbonyl (C=O) groups is 1. The van der Waals surface area contributed by atoms with E-state index in [1.165, 1.54) is 13.2 Å². The van der Waals surface area contributed by atoms with Crippen molar-refractivity contribution in [3.8, 4) is 11.5 Å². The number of phenolic OH excluding ortho intramolecular Hbond substituents is 1. The Hall–Kier alpha value is -3.31. The fourth-order valence-electron chi connectivity index (χ4n) is 2.42. The Labute approximate surface area is 161 Å². The molecule has 6 heteroatoms. The van der Waals surface area contributed by atoms with Crippen LogP contribution in [0, 0.1) is 0 Å². The molecule has 0 radical (unpaired) electrons. The van der Waals surface area contributed by atoms with E-state index in [1.54, 1.807) is 66.9 Å². The van der Waals surface area contributed by atoms with E-state index < -0.39 is 0 Å². The van der Waals surface area contributed by atoms with Crippen molar-refractivity contribution in [2.75, 3.05) is 12.4 Å². The Bertz CT molecular complexity index is 1000. The van der Waals surface area contributed by atoms with Crippen molar-refractivity contribution in [1.82, 2.24) is 0 Å². The van der Waals surface area contributed by atoms with Gasteiger partial charge in [0.1, 0.15) is 0 Å². The first-order valence-corrected chi connectivity index (χ1v) is 8.51. The van der Waals surface area contributed by atoms with Crippen LogP contribution in [0.2, 0.25) is 5.02 Å². The van der Waals surface area contributed by atoms with Crippen LogP contribution in [0.4, 0.5) is 11.4 Å². The Kier molecular flexibility index (Phi) is 5.74. The largest absolute Gasteiger partial charge is 0.504 e. The van der Waals surface area contributed by atoms with Crippen molar-refractivity contribution in [2.45, 2.75) is 0 Å². The normalized spacial score (nSPS) is 10.7. The van der Waals surface area contributed by atoms with Crippen LogP contribution in [0.25, 0.3) is 0 Å². The van der Waals surface area contributed by atoms with Gasteiger partial charge in [0.05, 0.1) is 12.8 Å². The maximum atomic E-state index is 12.4. The molecular formula is C21H17ClN2O3. The highest BCUT2D eigenvalue weighted by Gasteiger charge is 2.07. The van der Waals surface area contributed by atoms with Crippen LogP contribution in [0.3, 0.4) is 0 Å². The van der Waals surface area contributed by atoms with Gasteiger partial charge in [0, 0.05) is 22.5 Å². The SMILES string of the molecule is COc1cc(C=Nc2cccc(C(=O)Nc3cccc(Cl)c3)c2)ccc1O. The molecule has 0 fully saturated rings. The highest BCUT2D eigenvalue weighted by Crippen LogP contribution is 2.26. The number of halogens is 1. The molecule has 0 heterocycles. The van der Waals surface area contributed by atoms with Crippen LogP contribution in [0.5, 0.6) is 11.5 Å². The van der Waals surface area contributed by atoms with E-state index in [0.717, 1.165) is 5.56 Å². The molecule has 3 aromatic carbocycles. The fourth-order valence-corrected chi connectivity index (χ4v) is 2.61. The zero-order valence-electron chi connectivity index (χ0n) is 14.5. The predicted molar refractivity (Wildman–Crippen MR) is 108 cm³/mol. The summed E-state index contributed by atoms with van der Waals surface area (Å²) in [5, 5.41) is 13.0. The maximum absolute atomic E-state index is 12.4. The third-order valence-corrected chi connectivity index (χ3v) is 3.99. The lowest BCUT2D eigenvalue weighted by Gasteiger charge is -2.06. The third kappa shape index (κ3) is 4.86. The summed E-state index contributed by atoms with van der Waals surface area (Å²) in [5.41, 5.74) is 2.49. The molecule has 0 spiro atoms. The zero-order chi connectivity index (χ0) is 19.2. The molecule has 0 saturated carbocycles. The Morgan fingerprint density at radius 3 is 2.70 bits per heavy atom. The van der Waals surface area contributed by atoms with E-state index >= 15 is 0 Å². The summed E-state index contributed by atoms with van der Waals surface area (Å²) in [6.07, 6.45) is 1.63. The number of amides is 1. The number of carbonyl (C=O) groups excluding carboxylic acids is 1. The second kappa shape index (κ2) is 8.38. The van der Waals surface area contributed by atoms with Crippen LogP contribution >= 0.6 is 11.6 Å². The van der Waals surface area contributed by atoms with Gasteiger partial charge in [-0.1, -0.05) is 23.7 Å². The molecule has 2 N–H and O–H groups in total. The lowest BCUT2D eigenvalue weighted by molar-refractivity contribution is 0.102. The number of rotatable bonds is 5. The number of methoxy groups -OCH3 is 1. The maximum Gasteiger partial charge on any atom is 0.255 e. The summed E-state index contributed by atoms with van der Waals surface area (Å²) >= 11 is 5.94. The van der Waals surface area contributed by atoms with Gasteiger partial charge in [-0.25, -0.2) is 0 Å². The summed E-state index contributed by atoms with van der Waals surface area (Å²) < 4.78 is 5.08. The number of nitrogens with zero attached hydrogens (tertiary/aromatic N) is 1. The molecule has 0 aliphatic heterocycles. The van der Waals surface area contributed by atoms with E-state index in [0.29, 0.717) is 27.7 Å². The summed E-state index contributed by atoms with van der Waals surface area (Å²) in [6, 6.07) is 18.8. The first-order valence-electron chi connectivity index (χ1n) is 8.13. The lowest BCUT2D eigenvalue weighted by Crippen LogP contribution is -2.11. The van der Waals surface area contributed by atoms with E-state index in [4.69, 9.17) is 16.3 Å². The van der Waals surface area contributed by atoms with Crippen molar-refractivity contribution in [3.63, 3.8) is 0 Å². The standard InChI is InChI=1S/C21H17ClN2O3/c1-27-20-10-14(8-9-19(20)25)13-23-17-6-2-4-15(11-17)21(26)24-18-7-3-5-16(22)12-18/h2-13,25H,1H3,(H,24,26). The number of ether oxygens (including phenoxy) is 1. The van der Waals surface area contributed by atoms with Gasteiger partial charge in [0.15, 0.2) is 11.5 Å². The van der Waals surface area contributed by atoms with Crippen LogP contribution in [-0.2, 0) is 0 Å². The first kappa shape index (κ1) is 18.5. The molecule has 0 atom stereocenters. The van der Waals surface area contributed by atoms with Crippen LogP contribution in [0.1, 0.15) is 15.9 Å². The van der Waals surface area contributed by atoms with E-state index in [-0.39, 0.29) is 11.7 Å². The van der Waals surface area contributed by atoms with Gasteiger partial charge < -0.3 is 15.2 Å². The number of aliphatic imine (C=N–C) groups is 1. The quantitative estimate of drug-likeness (QED) is 0.608. The lowest BCUT2D eigenvalue weighted by atomic mass is 10.1. The Morgan fingerprint density at radius 1 is 1.11 bits per heavy atom. The van der Waals surface area contributed by atoms with Crippen molar-refractivity contribution < 1.29 is 14.6 Å². The number of nitrogens with one attached hydrogen (secondary N) is 1. The minimum atomic E-state index is -0.249. The number of hydrogen-bond acceptors (Lipinski definition) is 4. The molecule has 136 valence electrons. The van der Waals surface area contributed by atoms with Crippen LogP contribution in [-0.4, -0.2) is 24.3 Å². The van der Waals surface area contributed by atoms with Gasteiger partial charge in [-0.05, 0) is 60.2 Å². The average molecular weight is 381 g/mol. The monoisotopic (exact) mass is 380 g/mol. The van der Waals surface area contributed by atoms with Gasteiger partial charge in [0.2, 0.25) is 0 Å². The number of phenols is 1. The molecular weight excluding hydrogens is 364 g/mol. The summed E-state index contributed by atoms with van der Waals surface area (Å²) in [5.74, 6) is 0.184. The summed E-state index contributed by atoms with van der Waals surface area (Å²) in [4.78, 5) is 16.8. The molecule has 5 nitrogen and oxygen atoms in total. The van der Waals surface area contributed by atoms with E-state index in [1.807, 2.05) is 0 Å². The van der Waals surface area contributed by atoms with Gasteiger partial charge >= 0.3 is 0 Å². The average Bonchev–Trinajstić information content (AvgIpc) is 2.67. The Morgan fingerprint density at radius 2 is 1.93 bits per heavy atom. The number of hydrogen-bond donors (Lipinski definition) is 2. The smallest absolute Gasteiger partial charge is 0.255 e. The second-order valence-electron chi connectivity index (χ2n) is 5.70. The van der Waals surface area contributed by atoms with Crippen molar-refractivity contribution in [3.05, 3.63) is 82.9 Å². The summed E-state index contributed by atoms with van der Waals surface area (Å²) in [7, 11) is 1.48. The summed E-state index contributed by atoms with van der Waals surface area (Å²) in [6.45, 7) is 0. The highest BCUT2D eigenvalue weighted by atomic mass is 35.5. The van der Waals surface area contributed by atoms with Gasteiger partial charge in [-0.3, -0.25) is 9.79 Å². The molecule has 0 aliphatic rings. The number of benzene rings is 3. The molecule has 0 bridgehead atoms. The van der Waals surface area contributed by atoms with Crippen molar-refractivity contribution >= 4 is 35.1 Å². The molecule has 0 saturated heterocycles. The molecule has 0 aliphatic carbocycles. The Balaban J connectivity index is 1.76. The zero-order valence-corrected chi connectivity index (χ0v) is 15.3. The molecule has 0 aromatic heterocycles. The van der Waals surface area contributed by atoms with Gasteiger partial charge in [0.25, 0.3) is 5.91 Å². The molecule has 27 heavy (non-hydrogen) atoms. The number of anilines is 1. The number of aromatic hydroxyl groups is 1. The van der Waals surface area contributed by atoms with Gasteiger partial charge in [-0.15, -0.1) is 0 Å². The first-order chi connectivity index (χ1) is 13.0. The molecule has 3 rings (SSSR count). The topological polar surface area (TPSA) is 70.9 Å². The minimum absolute atomic E-state index is 0.0642. The minimum Gasteiger partial charge on any atom is -0.504 e. The van der Waals surface area contributed by atoms with Gasteiger partial charge in [-0.2, -0.15) is 0 Å². The van der Waals surface area contributed by atoms with E-state index in [2.05, 4.69) is 10.3 Å². The second-order valence-corrected chi connectivity index (χ2v) is 6.14. The fraction of sp³-hybridized carbons (Fsp3) is 0.0476. The predicted octanol–water partition coefficient (Wildman–Crippen LogP) is 5.06. The molecule has 1 amide bonds. The highest BCUT2D eigenvalue weighted by molar-refractivity contribution is 6.31. The van der Waals surface area contributed by atoms with Crippen molar-refractivity contribution in [1.29, 1.82) is 0 Å². The van der Waals surface area contributed by atoms with Crippen LogP contribution < -0.4 is 10.1 Å². The molecule has 3 aromatic rings. The third-order valence-electron chi connectivity index (χ3n) is 3.76. The van der Waals surface area contributed by atoms with Crippen molar-refractivity contribution in [2.24, 2.45) is 4.99 Å².